The Labute approximate surface area is 213 Å². The molecule has 9 nitrogen and oxygen atoms in total. The van der Waals surface area contributed by atoms with E-state index >= 15 is 4.39 Å². The van der Waals surface area contributed by atoms with Crippen molar-refractivity contribution in [3.63, 3.8) is 0 Å². The van der Waals surface area contributed by atoms with Gasteiger partial charge >= 0.3 is 6.09 Å². The summed E-state index contributed by atoms with van der Waals surface area (Å²) in [4.78, 5) is 27.8. The van der Waals surface area contributed by atoms with Gasteiger partial charge in [-0.05, 0) is 45.9 Å². The number of hydrogen-bond donors (Lipinski definition) is 2. The van der Waals surface area contributed by atoms with Gasteiger partial charge in [0.2, 0.25) is 11.8 Å². The Balaban J connectivity index is 1.78. The average molecular weight is 521 g/mol. The first kappa shape index (κ1) is 25.9. The molecule has 4 rings (SSSR count). The van der Waals surface area contributed by atoms with Gasteiger partial charge in [-0.25, -0.2) is 19.2 Å². The van der Waals surface area contributed by atoms with Crippen molar-refractivity contribution in [1.82, 2.24) is 15.3 Å². The minimum absolute atomic E-state index is 0.145. The Kier molecular flexibility index (Phi) is 7.00. The van der Waals surface area contributed by atoms with E-state index in [1.165, 1.54) is 31.9 Å². The van der Waals surface area contributed by atoms with E-state index in [1.807, 2.05) is 4.90 Å². The molecule has 36 heavy (non-hydrogen) atoms. The Morgan fingerprint density at radius 2 is 2.03 bits per heavy atom. The molecule has 0 bridgehead atoms. The van der Waals surface area contributed by atoms with E-state index in [1.54, 1.807) is 40.0 Å². The molecular weight excluding hydrogens is 490 g/mol. The molecule has 1 aromatic carbocycles. The van der Waals surface area contributed by atoms with E-state index in [-0.39, 0.29) is 30.0 Å². The number of ether oxygens (including phenoxy) is 2. The molecule has 0 spiro atoms. The van der Waals surface area contributed by atoms with Crippen LogP contribution < -0.4 is 20.3 Å². The van der Waals surface area contributed by atoms with E-state index in [0.717, 1.165) is 5.69 Å². The number of aryl methyl sites for hydroxylation is 1. The summed E-state index contributed by atoms with van der Waals surface area (Å²) >= 11 is 1.36. The van der Waals surface area contributed by atoms with Gasteiger partial charge in [0.25, 0.3) is 5.88 Å². The first-order valence-corrected chi connectivity index (χ1v) is 12.5. The van der Waals surface area contributed by atoms with Gasteiger partial charge in [-0.3, -0.25) is 5.32 Å². The van der Waals surface area contributed by atoms with Crippen molar-refractivity contribution in [1.29, 1.82) is 0 Å². The van der Waals surface area contributed by atoms with E-state index in [4.69, 9.17) is 14.5 Å². The molecule has 2 aliphatic heterocycles. The number of hydrogen-bond acceptors (Lipinski definition) is 9. The third kappa shape index (κ3) is 5.04. The lowest BCUT2D eigenvalue weighted by atomic mass is 9.81. The van der Waals surface area contributed by atoms with E-state index in [9.17, 15) is 9.18 Å². The SMILES string of the molecule is CNc1ccc(F)c(C23CN(c4nc(C)c(F)c(OC)n4)CC2CSC(NC(=O)OC(C)(C)C)=N3)c1. The third-order valence-electron chi connectivity index (χ3n) is 6.05. The van der Waals surface area contributed by atoms with Crippen molar-refractivity contribution < 1.29 is 23.0 Å². The highest BCUT2D eigenvalue weighted by Crippen LogP contribution is 2.47. The summed E-state index contributed by atoms with van der Waals surface area (Å²) in [6.07, 6.45) is -0.635. The average Bonchev–Trinajstić information content (AvgIpc) is 3.19. The van der Waals surface area contributed by atoms with Crippen LogP contribution >= 0.6 is 11.8 Å². The summed E-state index contributed by atoms with van der Waals surface area (Å²) in [6.45, 7) is 7.52. The van der Waals surface area contributed by atoms with Gasteiger partial charge in [-0.2, -0.15) is 9.37 Å². The smallest absolute Gasteiger partial charge is 0.413 e. The van der Waals surface area contributed by atoms with Gasteiger partial charge in [0.15, 0.2) is 5.17 Å². The molecule has 1 saturated heterocycles. The fourth-order valence-electron chi connectivity index (χ4n) is 4.39. The van der Waals surface area contributed by atoms with Crippen molar-refractivity contribution in [2.45, 2.75) is 38.8 Å². The van der Waals surface area contributed by atoms with Gasteiger partial charge in [-0.1, -0.05) is 11.8 Å². The topological polar surface area (TPSA) is 101 Å². The standard InChI is InChI=1S/C24H30F2N6O3S/c1-13-18(26)19(34-6)29-20(28-13)32-10-14-11-36-21(30-22(33)35-23(2,3)4)31-24(14,12-32)16-9-15(27-5)7-8-17(16)25/h7-9,14,27H,10-12H2,1-6H3,(H,30,31,33). The lowest BCUT2D eigenvalue weighted by molar-refractivity contribution is 0.0564. The molecule has 12 heteroatoms. The number of benzene rings is 1. The van der Waals surface area contributed by atoms with Crippen LogP contribution in [0.15, 0.2) is 23.2 Å². The number of aromatic nitrogens is 2. The number of amides is 1. The maximum atomic E-state index is 15.4. The molecule has 0 aliphatic carbocycles. The summed E-state index contributed by atoms with van der Waals surface area (Å²) in [5.41, 5.74) is -0.474. The predicted molar refractivity (Wildman–Crippen MR) is 136 cm³/mol. The second-order valence-electron chi connectivity index (χ2n) is 9.73. The predicted octanol–water partition coefficient (Wildman–Crippen LogP) is 4.07. The van der Waals surface area contributed by atoms with Gasteiger partial charge in [0.1, 0.15) is 17.0 Å². The van der Waals surface area contributed by atoms with Crippen LogP contribution in [0.1, 0.15) is 32.0 Å². The molecule has 2 atom stereocenters. The highest BCUT2D eigenvalue weighted by molar-refractivity contribution is 8.13. The molecule has 0 radical (unpaired) electrons. The van der Waals surface area contributed by atoms with Crippen LogP contribution in [0.2, 0.25) is 0 Å². The number of carbonyl (C=O) groups is 1. The zero-order valence-electron chi connectivity index (χ0n) is 21.1. The first-order chi connectivity index (χ1) is 17.0. The zero-order chi connectivity index (χ0) is 26.3. The fourth-order valence-corrected chi connectivity index (χ4v) is 5.52. The Bertz CT molecular complexity index is 1210. The van der Waals surface area contributed by atoms with Crippen molar-refractivity contribution in [3.05, 3.63) is 41.1 Å². The summed E-state index contributed by atoms with van der Waals surface area (Å²) < 4.78 is 40.2. The number of aliphatic imine (C=N–C) groups is 1. The quantitative estimate of drug-likeness (QED) is 0.622. The van der Waals surface area contributed by atoms with Gasteiger partial charge < -0.3 is 19.7 Å². The lowest BCUT2D eigenvalue weighted by Gasteiger charge is -2.36. The highest BCUT2D eigenvalue weighted by Gasteiger charge is 2.52. The van der Waals surface area contributed by atoms with Crippen LogP contribution in [-0.4, -0.2) is 59.8 Å². The molecule has 194 valence electrons. The number of methoxy groups -OCH3 is 1. The highest BCUT2D eigenvalue weighted by atomic mass is 32.2. The fraction of sp³-hybridized carbons (Fsp3) is 0.500. The number of thioether (sulfide) groups is 1. The number of fused-ring (bicyclic) bond motifs is 1. The molecule has 1 amide bonds. The van der Waals surface area contributed by atoms with Crippen LogP contribution in [0.5, 0.6) is 5.88 Å². The Morgan fingerprint density at radius 3 is 2.69 bits per heavy atom. The lowest BCUT2D eigenvalue weighted by Crippen LogP contribution is -2.44. The van der Waals surface area contributed by atoms with Crippen LogP contribution in [0.25, 0.3) is 0 Å². The number of nitrogens with zero attached hydrogens (tertiary/aromatic N) is 4. The summed E-state index contributed by atoms with van der Waals surface area (Å²) in [7, 11) is 3.10. The molecule has 1 aromatic heterocycles. The maximum Gasteiger partial charge on any atom is 0.413 e. The van der Waals surface area contributed by atoms with Gasteiger partial charge in [0.05, 0.1) is 19.3 Å². The summed E-state index contributed by atoms with van der Waals surface area (Å²) in [5, 5.41) is 6.10. The van der Waals surface area contributed by atoms with Crippen molar-refractivity contribution in [2.24, 2.45) is 10.9 Å². The number of amidine groups is 1. The second kappa shape index (κ2) is 9.72. The van der Waals surface area contributed by atoms with Crippen molar-refractivity contribution in [3.8, 4) is 5.88 Å². The first-order valence-electron chi connectivity index (χ1n) is 11.5. The monoisotopic (exact) mass is 520 g/mol. The Morgan fingerprint density at radius 1 is 1.28 bits per heavy atom. The molecule has 2 N–H and O–H groups in total. The normalized spacial score (nSPS) is 21.5. The number of rotatable bonds is 4. The number of halogens is 2. The molecular formula is C24H30F2N6O3S. The van der Waals surface area contributed by atoms with Crippen molar-refractivity contribution in [2.75, 3.05) is 43.2 Å². The summed E-state index contributed by atoms with van der Waals surface area (Å²) in [5.74, 6) is -0.527. The van der Waals surface area contributed by atoms with Crippen LogP contribution in [-0.2, 0) is 10.3 Å². The van der Waals surface area contributed by atoms with E-state index in [0.29, 0.717) is 23.0 Å². The summed E-state index contributed by atoms with van der Waals surface area (Å²) in [6, 6.07) is 4.78. The molecule has 2 unspecified atom stereocenters. The minimum atomic E-state index is -1.05. The van der Waals surface area contributed by atoms with Crippen LogP contribution in [0, 0.1) is 24.5 Å². The van der Waals surface area contributed by atoms with Gasteiger partial charge in [-0.15, -0.1) is 0 Å². The Hall–Kier alpha value is -3.15. The zero-order valence-corrected chi connectivity index (χ0v) is 21.9. The van der Waals surface area contributed by atoms with Gasteiger partial charge in [0, 0.05) is 36.5 Å². The molecule has 3 heterocycles. The maximum absolute atomic E-state index is 15.4. The van der Waals surface area contributed by atoms with Crippen molar-refractivity contribution >= 4 is 34.7 Å². The number of alkyl carbamates (subject to hydrolysis) is 1. The molecule has 2 aliphatic rings. The minimum Gasteiger partial charge on any atom is -0.479 e. The van der Waals surface area contributed by atoms with E-state index in [2.05, 4.69) is 20.6 Å². The molecule has 2 aromatic rings. The number of carbonyl (C=O) groups excluding carboxylic acids is 1. The van der Waals surface area contributed by atoms with Crippen LogP contribution in [0.4, 0.5) is 25.2 Å². The van der Waals surface area contributed by atoms with Crippen LogP contribution in [0.3, 0.4) is 0 Å². The molecule has 0 saturated carbocycles. The van der Waals surface area contributed by atoms with E-state index < -0.39 is 28.9 Å². The number of nitrogens with one attached hydrogen (secondary N) is 2. The third-order valence-corrected chi connectivity index (χ3v) is 7.09. The molecule has 1 fully saturated rings. The largest absolute Gasteiger partial charge is 0.479 e. The number of anilines is 2. The second-order valence-corrected chi connectivity index (χ2v) is 10.7.